The normalized spacial score (nSPS) is 11.4. The molecule has 1 aromatic heterocycles. The molecule has 0 unspecified atom stereocenters. The second kappa shape index (κ2) is 7.65. The van der Waals surface area contributed by atoms with E-state index in [0.717, 1.165) is 29.9 Å². The van der Waals surface area contributed by atoms with Gasteiger partial charge in [0, 0.05) is 5.69 Å². The summed E-state index contributed by atoms with van der Waals surface area (Å²) in [5.41, 5.74) is 0.107. The van der Waals surface area contributed by atoms with Gasteiger partial charge in [0.25, 0.3) is 0 Å². The molecule has 2 rings (SSSR count). The highest BCUT2D eigenvalue weighted by Crippen LogP contribution is 2.33. The Morgan fingerprint density at radius 3 is 2.71 bits per heavy atom. The molecule has 1 heterocycles. The van der Waals surface area contributed by atoms with Gasteiger partial charge >= 0.3 is 12.1 Å². The third-order valence-corrected chi connectivity index (χ3v) is 4.08. The summed E-state index contributed by atoms with van der Waals surface area (Å²) in [6, 6.07) is 4.84. The number of halogens is 3. The van der Waals surface area contributed by atoms with E-state index in [-0.39, 0.29) is 12.3 Å². The van der Waals surface area contributed by atoms with E-state index in [4.69, 9.17) is 4.74 Å². The molecule has 0 saturated heterocycles. The molecule has 0 aliphatic heterocycles. The maximum absolute atomic E-state index is 12.8. The van der Waals surface area contributed by atoms with E-state index in [1.807, 2.05) is 6.92 Å². The minimum atomic E-state index is -4.41. The topological polar surface area (TPSA) is 51.2 Å². The van der Waals surface area contributed by atoms with Crippen LogP contribution in [0.5, 0.6) is 0 Å². The molecule has 1 N–H and O–H groups in total. The molecule has 0 aliphatic carbocycles. The van der Waals surface area contributed by atoms with Crippen LogP contribution in [-0.4, -0.2) is 17.6 Å². The molecule has 0 bridgehead atoms. The van der Waals surface area contributed by atoms with E-state index in [2.05, 4.69) is 10.3 Å². The average Bonchev–Trinajstić information content (AvgIpc) is 2.90. The van der Waals surface area contributed by atoms with Crippen molar-refractivity contribution < 1.29 is 22.7 Å². The average molecular weight is 358 g/mol. The Bertz CT molecular complexity index is 714. The molecule has 0 atom stereocenters. The van der Waals surface area contributed by atoms with Gasteiger partial charge < -0.3 is 10.1 Å². The van der Waals surface area contributed by atoms with Crippen molar-refractivity contribution in [1.82, 2.24) is 4.98 Å². The van der Waals surface area contributed by atoms with Crippen LogP contribution in [0, 0.1) is 0 Å². The van der Waals surface area contributed by atoms with Crippen LogP contribution in [0.15, 0.2) is 24.3 Å². The molecule has 4 nitrogen and oxygen atoms in total. The highest BCUT2D eigenvalue weighted by Gasteiger charge is 2.30. The maximum atomic E-state index is 12.8. The van der Waals surface area contributed by atoms with Crippen molar-refractivity contribution in [2.45, 2.75) is 32.9 Å². The molecule has 2 aromatic rings. The predicted molar refractivity (Wildman–Crippen MR) is 86.8 cm³/mol. The molecule has 0 aliphatic rings. The molecule has 0 saturated carbocycles. The van der Waals surface area contributed by atoms with Crippen LogP contribution in [0.3, 0.4) is 0 Å². The molecule has 0 spiro atoms. The standard InChI is InChI=1S/C16H17F3N2O2S/c1-3-6-12-13(14(22)23-4-2)24-15(21-12)20-11-8-5-7-10(9-11)16(17,18)19/h5,7-9H,3-4,6H2,1-2H3,(H,20,21). The Balaban J connectivity index is 2.27. The summed E-state index contributed by atoms with van der Waals surface area (Å²) in [6.45, 7) is 3.91. The number of aryl methyl sites for hydroxylation is 1. The van der Waals surface area contributed by atoms with Crippen molar-refractivity contribution in [2.24, 2.45) is 0 Å². The van der Waals surface area contributed by atoms with Gasteiger partial charge in [0.05, 0.1) is 17.9 Å². The molecule has 130 valence electrons. The summed E-state index contributed by atoms with van der Waals surface area (Å²) >= 11 is 1.08. The lowest BCUT2D eigenvalue weighted by atomic mass is 10.2. The second-order valence-corrected chi connectivity index (χ2v) is 5.97. The predicted octanol–water partition coefficient (Wildman–Crippen LogP) is 5.03. The number of carbonyl (C=O) groups excluding carboxylic acids is 1. The zero-order valence-corrected chi connectivity index (χ0v) is 14.1. The van der Waals surface area contributed by atoms with Crippen LogP contribution < -0.4 is 5.32 Å². The molecule has 0 radical (unpaired) electrons. The molecular weight excluding hydrogens is 341 g/mol. The summed E-state index contributed by atoms with van der Waals surface area (Å²) in [4.78, 5) is 16.7. The summed E-state index contributed by atoms with van der Waals surface area (Å²) in [5.74, 6) is -0.462. The van der Waals surface area contributed by atoms with Crippen molar-refractivity contribution >= 4 is 28.1 Å². The van der Waals surface area contributed by atoms with Crippen LogP contribution in [0.4, 0.5) is 24.0 Å². The Morgan fingerprint density at radius 2 is 2.08 bits per heavy atom. The van der Waals surface area contributed by atoms with Crippen molar-refractivity contribution in [2.75, 3.05) is 11.9 Å². The number of nitrogens with one attached hydrogen (secondary N) is 1. The van der Waals surface area contributed by atoms with Gasteiger partial charge in [-0.05, 0) is 31.5 Å². The van der Waals surface area contributed by atoms with Crippen molar-refractivity contribution in [3.05, 3.63) is 40.4 Å². The Labute approximate surface area is 141 Å². The third-order valence-electron chi connectivity index (χ3n) is 3.09. The van der Waals surface area contributed by atoms with Gasteiger partial charge in [0.2, 0.25) is 0 Å². The van der Waals surface area contributed by atoms with E-state index in [1.165, 1.54) is 12.1 Å². The first-order chi connectivity index (χ1) is 11.3. The van der Waals surface area contributed by atoms with Crippen LogP contribution >= 0.6 is 11.3 Å². The van der Waals surface area contributed by atoms with Gasteiger partial charge in [0.15, 0.2) is 5.13 Å². The van der Waals surface area contributed by atoms with E-state index >= 15 is 0 Å². The van der Waals surface area contributed by atoms with E-state index in [1.54, 1.807) is 6.92 Å². The number of alkyl halides is 3. The van der Waals surface area contributed by atoms with Gasteiger partial charge in [-0.25, -0.2) is 9.78 Å². The molecule has 24 heavy (non-hydrogen) atoms. The van der Waals surface area contributed by atoms with Crippen LogP contribution in [0.2, 0.25) is 0 Å². The molecule has 8 heteroatoms. The highest BCUT2D eigenvalue weighted by molar-refractivity contribution is 7.17. The zero-order valence-electron chi connectivity index (χ0n) is 13.2. The lowest BCUT2D eigenvalue weighted by Gasteiger charge is -2.08. The van der Waals surface area contributed by atoms with Gasteiger partial charge in [-0.2, -0.15) is 13.2 Å². The summed E-state index contributed by atoms with van der Waals surface area (Å²) in [5, 5.41) is 3.19. The molecule has 0 amide bonds. The number of benzene rings is 1. The van der Waals surface area contributed by atoms with Crippen LogP contribution in [-0.2, 0) is 17.3 Å². The van der Waals surface area contributed by atoms with Crippen LogP contribution in [0.25, 0.3) is 0 Å². The summed E-state index contributed by atoms with van der Waals surface area (Å²) < 4.78 is 43.3. The number of ether oxygens (including phenoxy) is 1. The number of aromatic nitrogens is 1. The lowest BCUT2D eigenvalue weighted by Crippen LogP contribution is -2.05. The SMILES string of the molecule is CCCc1nc(Nc2cccc(C(F)(F)F)c2)sc1C(=O)OCC. The first-order valence-electron chi connectivity index (χ1n) is 7.46. The number of anilines is 2. The lowest BCUT2D eigenvalue weighted by molar-refractivity contribution is -0.137. The minimum Gasteiger partial charge on any atom is -0.462 e. The fourth-order valence-corrected chi connectivity index (χ4v) is 2.99. The third kappa shape index (κ3) is 4.47. The van der Waals surface area contributed by atoms with Crippen molar-refractivity contribution in [1.29, 1.82) is 0 Å². The number of hydrogen-bond acceptors (Lipinski definition) is 5. The Kier molecular flexibility index (Phi) is 5.82. The minimum absolute atomic E-state index is 0.249. The monoisotopic (exact) mass is 358 g/mol. The van der Waals surface area contributed by atoms with Crippen molar-refractivity contribution in [3.63, 3.8) is 0 Å². The largest absolute Gasteiger partial charge is 0.462 e. The number of nitrogens with zero attached hydrogens (tertiary/aromatic N) is 1. The fraction of sp³-hybridized carbons (Fsp3) is 0.375. The van der Waals surface area contributed by atoms with Gasteiger partial charge in [-0.3, -0.25) is 0 Å². The smallest absolute Gasteiger partial charge is 0.416 e. The molecule has 0 fully saturated rings. The van der Waals surface area contributed by atoms with Gasteiger partial charge in [-0.15, -0.1) is 0 Å². The number of hydrogen-bond donors (Lipinski definition) is 1. The van der Waals surface area contributed by atoms with Gasteiger partial charge in [0.1, 0.15) is 4.88 Å². The first-order valence-corrected chi connectivity index (χ1v) is 8.27. The Morgan fingerprint density at radius 1 is 1.33 bits per heavy atom. The molecule has 1 aromatic carbocycles. The van der Waals surface area contributed by atoms with E-state index in [0.29, 0.717) is 22.1 Å². The number of thiazole rings is 1. The Hall–Kier alpha value is -2.09. The highest BCUT2D eigenvalue weighted by atomic mass is 32.1. The number of carbonyl (C=O) groups is 1. The van der Waals surface area contributed by atoms with Crippen LogP contribution in [0.1, 0.15) is 41.2 Å². The first kappa shape index (κ1) is 18.3. The summed E-state index contributed by atoms with van der Waals surface area (Å²) in [7, 11) is 0. The fourth-order valence-electron chi connectivity index (χ4n) is 2.06. The van der Waals surface area contributed by atoms with Crippen molar-refractivity contribution in [3.8, 4) is 0 Å². The second-order valence-electron chi connectivity index (χ2n) is 4.97. The number of esters is 1. The quantitative estimate of drug-likeness (QED) is 0.736. The zero-order chi connectivity index (χ0) is 17.7. The molecular formula is C16H17F3N2O2S. The van der Waals surface area contributed by atoms with E-state index in [9.17, 15) is 18.0 Å². The van der Waals surface area contributed by atoms with Gasteiger partial charge in [-0.1, -0.05) is 30.7 Å². The summed E-state index contributed by atoms with van der Waals surface area (Å²) in [6.07, 6.45) is -3.03. The number of rotatable bonds is 6. The maximum Gasteiger partial charge on any atom is 0.416 e. The van der Waals surface area contributed by atoms with E-state index < -0.39 is 17.7 Å².